The number of nitro groups is 1. The number of benzene rings is 1. The highest BCUT2D eigenvalue weighted by molar-refractivity contribution is 5.80. The summed E-state index contributed by atoms with van der Waals surface area (Å²) in [7, 11) is 0. The first kappa shape index (κ1) is 14.6. The van der Waals surface area contributed by atoms with E-state index in [2.05, 4.69) is 10.3 Å². The molecule has 110 valence electrons. The van der Waals surface area contributed by atoms with Gasteiger partial charge in [-0.2, -0.15) is 0 Å². The molecule has 0 aliphatic carbocycles. The Labute approximate surface area is 119 Å². The molecule has 1 heterocycles. The van der Waals surface area contributed by atoms with Crippen LogP contribution in [-0.4, -0.2) is 26.9 Å². The first-order valence-electron chi connectivity index (χ1n) is 6.43. The molecule has 0 radical (unpaired) electrons. The highest BCUT2D eigenvalue weighted by atomic mass is 16.6. The number of carbonyl (C=O) groups is 1. The van der Waals surface area contributed by atoms with E-state index in [1.54, 1.807) is 0 Å². The first-order valence-corrected chi connectivity index (χ1v) is 6.43. The van der Waals surface area contributed by atoms with Crippen LogP contribution in [-0.2, 0) is 11.3 Å². The minimum atomic E-state index is -0.579. The summed E-state index contributed by atoms with van der Waals surface area (Å²) in [5.74, 6) is -0.300. The van der Waals surface area contributed by atoms with Crippen LogP contribution in [0.2, 0.25) is 0 Å². The van der Waals surface area contributed by atoms with Crippen LogP contribution in [0.4, 0.5) is 5.69 Å². The summed E-state index contributed by atoms with van der Waals surface area (Å²) in [5.41, 5.74) is -0.305. The summed E-state index contributed by atoms with van der Waals surface area (Å²) in [6.45, 7) is 2.29. The van der Waals surface area contributed by atoms with Gasteiger partial charge in [0.1, 0.15) is 6.54 Å². The van der Waals surface area contributed by atoms with E-state index in [4.69, 9.17) is 0 Å². The first-order chi connectivity index (χ1) is 10.0. The molecule has 1 aromatic heterocycles. The van der Waals surface area contributed by atoms with Gasteiger partial charge in [0.05, 0.1) is 22.2 Å². The van der Waals surface area contributed by atoms with Gasteiger partial charge in [-0.15, -0.1) is 0 Å². The van der Waals surface area contributed by atoms with Gasteiger partial charge in [-0.25, -0.2) is 4.98 Å². The van der Waals surface area contributed by atoms with E-state index in [9.17, 15) is 19.7 Å². The number of nitrogens with zero attached hydrogens (tertiary/aromatic N) is 3. The van der Waals surface area contributed by atoms with Crippen LogP contribution in [0.25, 0.3) is 10.9 Å². The second-order valence-corrected chi connectivity index (χ2v) is 4.49. The lowest BCUT2D eigenvalue weighted by atomic mass is 10.2. The Kier molecular flexibility index (Phi) is 4.27. The Morgan fingerprint density at radius 3 is 2.90 bits per heavy atom. The molecule has 2 aromatic rings. The monoisotopic (exact) mass is 290 g/mol. The maximum Gasteiger partial charge on any atom is 0.270 e. The average Bonchev–Trinajstić information content (AvgIpc) is 2.47. The fourth-order valence-corrected chi connectivity index (χ4v) is 1.85. The van der Waals surface area contributed by atoms with Crippen molar-refractivity contribution in [3.05, 3.63) is 45.0 Å². The lowest BCUT2D eigenvalue weighted by Crippen LogP contribution is -2.32. The quantitative estimate of drug-likeness (QED) is 0.648. The molecule has 0 aliphatic rings. The van der Waals surface area contributed by atoms with Gasteiger partial charge in [0.25, 0.3) is 11.2 Å². The predicted octanol–water partition coefficient (Wildman–Crippen LogP) is 0.831. The minimum Gasteiger partial charge on any atom is -0.355 e. The van der Waals surface area contributed by atoms with E-state index in [0.717, 1.165) is 11.0 Å². The maximum atomic E-state index is 12.2. The van der Waals surface area contributed by atoms with Crippen molar-refractivity contribution in [3.63, 3.8) is 0 Å². The lowest BCUT2D eigenvalue weighted by Gasteiger charge is -2.07. The summed E-state index contributed by atoms with van der Waals surface area (Å²) >= 11 is 0. The Bertz CT molecular complexity index is 753. The highest BCUT2D eigenvalue weighted by Gasteiger charge is 2.12. The van der Waals surface area contributed by atoms with Crippen LogP contribution in [0, 0.1) is 10.1 Å². The van der Waals surface area contributed by atoms with Crippen LogP contribution < -0.4 is 10.9 Å². The van der Waals surface area contributed by atoms with Crippen molar-refractivity contribution < 1.29 is 9.72 Å². The maximum absolute atomic E-state index is 12.2. The van der Waals surface area contributed by atoms with E-state index < -0.39 is 10.5 Å². The number of fused-ring (bicyclic) bond motifs is 1. The van der Waals surface area contributed by atoms with Gasteiger partial charge >= 0.3 is 0 Å². The smallest absolute Gasteiger partial charge is 0.270 e. The van der Waals surface area contributed by atoms with Crippen molar-refractivity contribution >= 4 is 22.5 Å². The molecule has 0 bridgehead atoms. The van der Waals surface area contributed by atoms with Gasteiger partial charge in [0.15, 0.2) is 0 Å². The zero-order chi connectivity index (χ0) is 15.4. The number of hydrogen-bond acceptors (Lipinski definition) is 5. The van der Waals surface area contributed by atoms with Crippen molar-refractivity contribution in [1.29, 1.82) is 0 Å². The topological polar surface area (TPSA) is 107 Å². The third-order valence-corrected chi connectivity index (χ3v) is 2.90. The average molecular weight is 290 g/mol. The molecule has 0 spiro atoms. The number of amides is 1. The summed E-state index contributed by atoms with van der Waals surface area (Å²) in [6.07, 6.45) is 2.06. The van der Waals surface area contributed by atoms with Crippen molar-refractivity contribution in [3.8, 4) is 0 Å². The molecule has 1 N–H and O–H groups in total. The molecule has 1 aromatic carbocycles. The third-order valence-electron chi connectivity index (χ3n) is 2.90. The Balaban J connectivity index is 2.38. The number of hydrogen-bond donors (Lipinski definition) is 1. The van der Waals surface area contributed by atoms with Crippen LogP contribution in [0.3, 0.4) is 0 Å². The molecule has 8 heteroatoms. The van der Waals surface area contributed by atoms with E-state index in [0.29, 0.717) is 12.1 Å². The van der Waals surface area contributed by atoms with Crippen molar-refractivity contribution in [2.24, 2.45) is 0 Å². The second-order valence-electron chi connectivity index (χ2n) is 4.49. The molecule has 0 saturated heterocycles. The van der Waals surface area contributed by atoms with Gasteiger partial charge < -0.3 is 5.32 Å². The molecule has 0 unspecified atom stereocenters. The van der Waals surface area contributed by atoms with Crippen LogP contribution in [0.15, 0.2) is 29.3 Å². The van der Waals surface area contributed by atoms with Crippen LogP contribution in [0.5, 0.6) is 0 Å². The number of carbonyl (C=O) groups excluding carboxylic acids is 1. The van der Waals surface area contributed by atoms with Crippen molar-refractivity contribution in [2.45, 2.75) is 19.9 Å². The standard InChI is InChI=1S/C13H14N4O4/c1-2-5-14-12(18)7-16-8-15-11-4-3-9(17(20)21)6-10(11)13(16)19/h3-4,6,8H,2,5,7H2,1H3,(H,14,18). The Morgan fingerprint density at radius 2 is 2.24 bits per heavy atom. The molecule has 0 atom stereocenters. The zero-order valence-corrected chi connectivity index (χ0v) is 11.4. The van der Waals surface area contributed by atoms with Crippen LogP contribution >= 0.6 is 0 Å². The van der Waals surface area contributed by atoms with E-state index in [-0.39, 0.29) is 23.5 Å². The molecular weight excluding hydrogens is 276 g/mol. The highest BCUT2D eigenvalue weighted by Crippen LogP contribution is 2.16. The van der Waals surface area contributed by atoms with Crippen molar-refractivity contribution in [1.82, 2.24) is 14.9 Å². The molecule has 0 aliphatic heterocycles. The molecular formula is C13H14N4O4. The van der Waals surface area contributed by atoms with Gasteiger partial charge in [0, 0.05) is 18.7 Å². The largest absolute Gasteiger partial charge is 0.355 e. The molecule has 21 heavy (non-hydrogen) atoms. The van der Waals surface area contributed by atoms with Crippen molar-refractivity contribution in [2.75, 3.05) is 6.54 Å². The number of non-ortho nitro benzene ring substituents is 1. The SMILES string of the molecule is CCCNC(=O)Cn1cnc2ccc([N+](=O)[O-])cc2c1=O. The van der Waals surface area contributed by atoms with E-state index in [1.165, 1.54) is 24.5 Å². The third kappa shape index (κ3) is 3.22. The predicted molar refractivity (Wildman–Crippen MR) is 76.0 cm³/mol. The van der Waals surface area contributed by atoms with E-state index in [1.807, 2.05) is 6.92 Å². The summed E-state index contributed by atoms with van der Waals surface area (Å²) in [5, 5.41) is 13.5. The van der Waals surface area contributed by atoms with Gasteiger partial charge in [-0.3, -0.25) is 24.3 Å². The number of rotatable bonds is 5. The lowest BCUT2D eigenvalue weighted by molar-refractivity contribution is -0.384. The van der Waals surface area contributed by atoms with Gasteiger partial charge in [0.2, 0.25) is 5.91 Å². The fraction of sp³-hybridized carbons (Fsp3) is 0.308. The molecule has 0 saturated carbocycles. The summed E-state index contributed by atoms with van der Waals surface area (Å²) in [4.78, 5) is 38.1. The molecule has 8 nitrogen and oxygen atoms in total. The van der Waals surface area contributed by atoms with Crippen LogP contribution in [0.1, 0.15) is 13.3 Å². The van der Waals surface area contributed by atoms with Gasteiger partial charge in [-0.05, 0) is 12.5 Å². The number of nitro benzene ring substituents is 1. The Morgan fingerprint density at radius 1 is 1.48 bits per heavy atom. The molecule has 2 rings (SSSR count). The summed E-state index contributed by atoms with van der Waals surface area (Å²) in [6, 6.07) is 3.87. The van der Waals surface area contributed by atoms with Gasteiger partial charge in [-0.1, -0.05) is 6.92 Å². The minimum absolute atomic E-state index is 0.120. The number of aromatic nitrogens is 2. The normalized spacial score (nSPS) is 10.5. The zero-order valence-electron chi connectivity index (χ0n) is 11.4. The Hall–Kier alpha value is -2.77. The van der Waals surface area contributed by atoms with E-state index >= 15 is 0 Å². The number of nitrogens with one attached hydrogen (secondary N) is 1. The summed E-state index contributed by atoms with van der Waals surface area (Å²) < 4.78 is 1.14. The second kappa shape index (κ2) is 6.12. The molecule has 0 fully saturated rings. The molecule has 1 amide bonds. The fourth-order valence-electron chi connectivity index (χ4n) is 1.85.